The first-order valence-corrected chi connectivity index (χ1v) is 8.17. The number of hydrogen-bond donors (Lipinski definition) is 0. The number of hydrogen-bond acceptors (Lipinski definition) is 3. The minimum absolute atomic E-state index is 0.0145. The molecule has 0 heterocycles. The molecular weight excluding hydrogens is 264 g/mol. The molecule has 0 radical (unpaired) electrons. The fraction of sp³-hybridized carbons (Fsp3) is 0.944. The number of rotatable bonds is 7. The highest BCUT2D eigenvalue weighted by Gasteiger charge is 2.43. The molecule has 0 aromatic heterocycles. The predicted octanol–water partition coefficient (Wildman–Crippen LogP) is 5.18. The number of carbonyl (C=O) groups is 1. The molecule has 3 nitrogen and oxygen atoms in total. The summed E-state index contributed by atoms with van der Waals surface area (Å²) < 4.78 is 11.7. The van der Waals surface area contributed by atoms with Gasteiger partial charge in [0.25, 0.3) is 0 Å². The summed E-state index contributed by atoms with van der Waals surface area (Å²) in [5.74, 6) is -0.934. The van der Waals surface area contributed by atoms with Gasteiger partial charge < -0.3 is 9.47 Å². The van der Waals surface area contributed by atoms with Crippen LogP contribution in [0, 0.1) is 16.7 Å². The van der Waals surface area contributed by atoms with Gasteiger partial charge in [0.05, 0.1) is 11.5 Å². The second-order valence-electron chi connectivity index (χ2n) is 8.38. The van der Waals surface area contributed by atoms with Gasteiger partial charge in [0, 0.05) is 12.8 Å². The molecule has 0 fully saturated rings. The molecule has 0 N–H and O–H groups in total. The summed E-state index contributed by atoms with van der Waals surface area (Å²) >= 11 is 0. The molecule has 3 heteroatoms. The van der Waals surface area contributed by atoms with E-state index in [1.165, 1.54) is 0 Å². The van der Waals surface area contributed by atoms with Crippen molar-refractivity contribution in [2.75, 3.05) is 0 Å². The Morgan fingerprint density at radius 1 is 1.00 bits per heavy atom. The van der Waals surface area contributed by atoms with Crippen LogP contribution in [0.1, 0.15) is 82.1 Å². The van der Waals surface area contributed by atoms with Gasteiger partial charge >= 0.3 is 5.97 Å². The van der Waals surface area contributed by atoms with E-state index in [1.807, 2.05) is 48.5 Å². The summed E-state index contributed by atoms with van der Waals surface area (Å²) in [5.41, 5.74) is -0.397. The molecule has 0 aliphatic heterocycles. The molecule has 0 aliphatic carbocycles. The van der Waals surface area contributed by atoms with Crippen molar-refractivity contribution >= 4 is 5.97 Å². The fourth-order valence-corrected chi connectivity index (χ4v) is 2.57. The van der Waals surface area contributed by atoms with Crippen LogP contribution in [-0.2, 0) is 14.3 Å². The maximum atomic E-state index is 12.8. The van der Waals surface area contributed by atoms with Gasteiger partial charge in [-0.15, -0.1) is 0 Å². The van der Waals surface area contributed by atoms with Gasteiger partial charge in [-0.05, 0) is 39.0 Å². The highest BCUT2D eigenvalue weighted by molar-refractivity contribution is 5.76. The summed E-state index contributed by atoms with van der Waals surface area (Å²) in [7, 11) is 0. The van der Waals surface area contributed by atoms with Crippen LogP contribution in [0.15, 0.2) is 0 Å². The van der Waals surface area contributed by atoms with Crippen LogP contribution >= 0.6 is 0 Å². The van der Waals surface area contributed by atoms with Gasteiger partial charge in [0.1, 0.15) is 0 Å². The Kier molecular flexibility index (Phi) is 6.93. The second kappa shape index (κ2) is 7.13. The lowest BCUT2D eigenvalue weighted by atomic mass is 9.73. The average molecular weight is 300 g/mol. The largest absolute Gasteiger partial charge is 0.433 e. The smallest absolute Gasteiger partial charge is 0.314 e. The molecule has 2 atom stereocenters. The molecule has 0 bridgehead atoms. The van der Waals surface area contributed by atoms with E-state index in [9.17, 15) is 4.79 Å². The molecule has 0 rings (SSSR count). The van der Waals surface area contributed by atoms with Crippen LogP contribution < -0.4 is 0 Å². The fourth-order valence-electron chi connectivity index (χ4n) is 2.57. The Balaban J connectivity index is 5.20. The van der Waals surface area contributed by atoms with Gasteiger partial charge in [-0.2, -0.15) is 0 Å². The molecule has 0 spiro atoms. The molecule has 0 aliphatic rings. The molecule has 0 saturated carbocycles. The minimum atomic E-state index is -0.875. The van der Waals surface area contributed by atoms with Gasteiger partial charge in [-0.1, -0.05) is 41.5 Å². The van der Waals surface area contributed by atoms with Crippen molar-refractivity contribution in [3.63, 3.8) is 0 Å². The number of ether oxygens (including phenoxy) is 2. The quantitative estimate of drug-likeness (QED) is 0.480. The van der Waals surface area contributed by atoms with Gasteiger partial charge in [-0.3, -0.25) is 4.79 Å². The zero-order chi connectivity index (χ0) is 17.1. The first kappa shape index (κ1) is 20.4. The van der Waals surface area contributed by atoms with Crippen molar-refractivity contribution in [1.82, 2.24) is 0 Å². The van der Waals surface area contributed by atoms with Crippen molar-refractivity contribution in [2.24, 2.45) is 16.7 Å². The van der Waals surface area contributed by atoms with Crippen molar-refractivity contribution in [3.05, 3.63) is 0 Å². The summed E-state index contributed by atoms with van der Waals surface area (Å²) in [5, 5.41) is 0. The minimum Gasteiger partial charge on any atom is -0.433 e. The van der Waals surface area contributed by atoms with Crippen LogP contribution in [0.5, 0.6) is 0 Å². The normalized spacial score (nSPS) is 18.5. The van der Waals surface area contributed by atoms with Crippen molar-refractivity contribution in [3.8, 4) is 0 Å². The first-order chi connectivity index (χ1) is 9.26. The van der Waals surface area contributed by atoms with E-state index in [4.69, 9.17) is 9.47 Å². The summed E-state index contributed by atoms with van der Waals surface area (Å²) in [6, 6.07) is 0. The lowest BCUT2D eigenvalue weighted by Crippen LogP contribution is -2.46. The standard InChI is InChI=1S/C18H36O3/c1-11-17(9,12-16(6,7)8)15(19)21-18(10,13(2)3)20-14(4)5/h13-14H,11-12H2,1-10H3. The average Bonchev–Trinajstić information content (AvgIpc) is 2.24. The van der Waals surface area contributed by atoms with Crippen molar-refractivity contribution < 1.29 is 14.3 Å². The van der Waals surface area contributed by atoms with Gasteiger partial charge in [0.15, 0.2) is 0 Å². The topological polar surface area (TPSA) is 35.5 Å². The molecule has 0 aromatic rings. The lowest BCUT2D eigenvalue weighted by Gasteiger charge is -2.40. The highest BCUT2D eigenvalue weighted by atomic mass is 16.7. The Morgan fingerprint density at radius 3 is 1.76 bits per heavy atom. The van der Waals surface area contributed by atoms with Crippen LogP contribution in [-0.4, -0.2) is 17.9 Å². The van der Waals surface area contributed by atoms with E-state index < -0.39 is 11.2 Å². The van der Waals surface area contributed by atoms with E-state index in [2.05, 4.69) is 20.8 Å². The van der Waals surface area contributed by atoms with Crippen molar-refractivity contribution in [1.29, 1.82) is 0 Å². The van der Waals surface area contributed by atoms with Gasteiger partial charge in [-0.25, -0.2) is 0 Å². The summed E-state index contributed by atoms with van der Waals surface area (Å²) in [6.07, 6.45) is 1.57. The predicted molar refractivity (Wildman–Crippen MR) is 88.0 cm³/mol. The number of esters is 1. The molecule has 0 saturated heterocycles. The third-order valence-corrected chi connectivity index (χ3v) is 4.01. The van der Waals surface area contributed by atoms with E-state index in [0.717, 1.165) is 12.8 Å². The Hall–Kier alpha value is -0.570. The Bertz CT molecular complexity index is 341. The lowest BCUT2D eigenvalue weighted by molar-refractivity contribution is -0.262. The Morgan fingerprint density at radius 2 is 1.48 bits per heavy atom. The maximum absolute atomic E-state index is 12.8. The third kappa shape index (κ3) is 6.37. The third-order valence-electron chi connectivity index (χ3n) is 4.01. The monoisotopic (exact) mass is 300 g/mol. The summed E-state index contributed by atoms with van der Waals surface area (Å²) in [4.78, 5) is 12.8. The molecular formula is C18H36O3. The van der Waals surface area contributed by atoms with Crippen LogP contribution in [0.3, 0.4) is 0 Å². The summed E-state index contributed by atoms with van der Waals surface area (Å²) in [6.45, 7) is 20.3. The number of carbonyl (C=O) groups excluding carboxylic acids is 1. The highest BCUT2D eigenvalue weighted by Crippen LogP contribution is 2.39. The SMILES string of the molecule is CCC(C)(CC(C)(C)C)C(=O)OC(C)(OC(C)C)C(C)C. The van der Waals surface area contributed by atoms with E-state index in [1.54, 1.807) is 0 Å². The van der Waals surface area contributed by atoms with E-state index >= 15 is 0 Å². The van der Waals surface area contributed by atoms with Crippen LogP contribution in [0.2, 0.25) is 0 Å². The zero-order valence-electron chi connectivity index (χ0n) is 15.8. The van der Waals surface area contributed by atoms with Crippen LogP contribution in [0.25, 0.3) is 0 Å². The zero-order valence-corrected chi connectivity index (χ0v) is 15.8. The van der Waals surface area contributed by atoms with E-state index in [-0.39, 0.29) is 23.4 Å². The Labute approximate surface area is 131 Å². The molecule has 0 aromatic carbocycles. The second-order valence-corrected chi connectivity index (χ2v) is 8.38. The molecule has 2 unspecified atom stereocenters. The van der Waals surface area contributed by atoms with Gasteiger partial charge in [0.2, 0.25) is 5.79 Å². The van der Waals surface area contributed by atoms with E-state index in [0.29, 0.717) is 0 Å². The van der Waals surface area contributed by atoms with Crippen LogP contribution in [0.4, 0.5) is 0 Å². The maximum Gasteiger partial charge on any atom is 0.314 e. The molecule has 21 heavy (non-hydrogen) atoms. The first-order valence-electron chi connectivity index (χ1n) is 8.17. The van der Waals surface area contributed by atoms with Crippen molar-refractivity contribution in [2.45, 2.75) is 94.0 Å². The molecule has 0 amide bonds. The molecule has 126 valence electrons.